The zero-order valence-electron chi connectivity index (χ0n) is 13.6. The molecule has 25 heavy (non-hydrogen) atoms. The van der Waals surface area contributed by atoms with E-state index in [1.807, 2.05) is 0 Å². The number of rotatable bonds is 4. The van der Waals surface area contributed by atoms with Gasteiger partial charge in [-0.05, 0) is 30.5 Å². The number of likely N-dealkylation sites (tertiary alicyclic amines) is 1. The number of carboxylic acid groups (broad SMARTS) is 1. The predicted molar refractivity (Wildman–Crippen MR) is 86.7 cm³/mol. The number of nitrogens with one attached hydrogen (secondary N) is 1. The van der Waals surface area contributed by atoms with Crippen molar-refractivity contribution in [3.05, 3.63) is 35.4 Å². The third-order valence-corrected chi connectivity index (χ3v) is 4.51. The average molecular weight is 345 g/mol. The molecule has 0 aliphatic carbocycles. The van der Waals surface area contributed by atoms with E-state index in [1.165, 1.54) is 0 Å². The second-order valence-electron chi connectivity index (χ2n) is 6.27. The molecule has 2 saturated heterocycles. The van der Waals surface area contributed by atoms with Gasteiger partial charge >= 0.3 is 12.0 Å². The summed E-state index contributed by atoms with van der Waals surface area (Å²) in [6.07, 6.45) is 1.23. The molecule has 0 radical (unpaired) electrons. The van der Waals surface area contributed by atoms with Gasteiger partial charge in [0.15, 0.2) is 0 Å². The number of piperidine rings is 1. The molecular weight excluding hydrogens is 326 g/mol. The first kappa shape index (κ1) is 16.9. The van der Waals surface area contributed by atoms with Crippen molar-refractivity contribution >= 4 is 23.8 Å². The molecule has 0 aromatic heterocycles. The molecule has 1 aromatic carbocycles. The van der Waals surface area contributed by atoms with Crippen LogP contribution in [0.5, 0.6) is 0 Å². The van der Waals surface area contributed by atoms with Crippen molar-refractivity contribution in [2.24, 2.45) is 5.92 Å². The van der Waals surface area contributed by atoms with E-state index in [9.17, 15) is 19.2 Å². The highest BCUT2D eigenvalue weighted by Gasteiger charge is 2.30. The number of hydrogen-bond acceptors (Lipinski definition) is 4. The molecule has 1 unspecified atom stereocenters. The molecule has 2 N–H and O–H groups in total. The minimum absolute atomic E-state index is 0.0121. The molecule has 132 valence electrons. The Bertz CT molecular complexity index is 717. The summed E-state index contributed by atoms with van der Waals surface area (Å²) in [5.41, 5.74) is 1.10. The predicted octanol–water partition coefficient (Wildman–Crippen LogP) is 0.675. The van der Waals surface area contributed by atoms with E-state index in [2.05, 4.69) is 5.32 Å². The lowest BCUT2D eigenvalue weighted by Crippen LogP contribution is -2.42. The van der Waals surface area contributed by atoms with Crippen molar-refractivity contribution in [1.29, 1.82) is 0 Å². The van der Waals surface area contributed by atoms with E-state index in [0.717, 1.165) is 4.90 Å². The Morgan fingerprint density at radius 3 is 2.76 bits per heavy atom. The highest BCUT2D eigenvalue weighted by Crippen LogP contribution is 2.20. The van der Waals surface area contributed by atoms with Gasteiger partial charge < -0.3 is 15.3 Å². The molecule has 0 saturated carbocycles. The van der Waals surface area contributed by atoms with Crippen molar-refractivity contribution in [1.82, 2.24) is 15.1 Å². The van der Waals surface area contributed by atoms with E-state index in [1.54, 1.807) is 29.2 Å². The third-order valence-electron chi connectivity index (χ3n) is 4.51. The zero-order chi connectivity index (χ0) is 18.0. The van der Waals surface area contributed by atoms with E-state index < -0.39 is 17.9 Å². The number of nitrogens with zero attached hydrogens (tertiary/aromatic N) is 2. The lowest BCUT2D eigenvalue weighted by molar-refractivity contribution is -0.143. The second-order valence-corrected chi connectivity index (χ2v) is 6.27. The molecule has 4 amide bonds. The van der Waals surface area contributed by atoms with E-state index in [-0.39, 0.29) is 31.4 Å². The highest BCUT2D eigenvalue weighted by molar-refractivity contribution is 6.02. The summed E-state index contributed by atoms with van der Waals surface area (Å²) < 4.78 is 0. The highest BCUT2D eigenvalue weighted by atomic mass is 16.4. The van der Waals surface area contributed by atoms with Crippen molar-refractivity contribution in [3.63, 3.8) is 0 Å². The second kappa shape index (κ2) is 6.92. The molecule has 2 heterocycles. The van der Waals surface area contributed by atoms with E-state index >= 15 is 0 Å². The van der Waals surface area contributed by atoms with Crippen molar-refractivity contribution < 1.29 is 24.3 Å². The number of carbonyl (C=O) groups excluding carboxylic acids is 3. The number of aliphatic carboxylic acids is 1. The Kier molecular flexibility index (Phi) is 4.69. The fraction of sp³-hybridized carbons (Fsp3) is 0.412. The van der Waals surface area contributed by atoms with Gasteiger partial charge in [0.2, 0.25) is 5.91 Å². The first-order valence-electron chi connectivity index (χ1n) is 8.15. The normalized spacial score (nSPS) is 20.6. The summed E-state index contributed by atoms with van der Waals surface area (Å²) in [6, 6.07) is 6.29. The summed E-state index contributed by atoms with van der Waals surface area (Å²) in [5.74, 6) is -1.95. The van der Waals surface area contributed by atoms with Gasteiger partial charge in [0.05, 0.1) is 19.0 Å². The van der Waals surface area contributed by atoms with Crippen LogP contribution in [0.2, 0.25) is 0 Å². The Balaban J connectivity index is 1.72. The van der Waals surface area contributed by atoms with Crippen LogP contribution in [0.1, 0.15) is 28.8 Å². The molecule has 2 aliphatic heterocycles. The number of imide groups is 1. The molecule has 2 fully saturated rings. The van der Waals surface area contributed by atoms with Crippen LogP contribution < -0.4 is 5.32 Å². The molecular formula is C17H19N3O5. The van der Waals surface area contributed by atoms with Crippen LogP contribution in [0, 0.1) is 5.92 Å². The van der Waals surface area contributed by atoms with Crippen molar-refractivity contribution in [2.75, 3.05) is 19.6 Å². The maximum absolute atomic E-state index is 12.7. The summed E-state index contributed by atoms with van der Waals surface area (Å²) >= 11 is 0. The standard InChI is InChI=1S/C17H19N3O5/c21-14-8-18-17(25)20(14)9-11-3-1-4-12(7-11)15(22)19-6-2-5-13(10-19)16(23)24/h1,3-4,7,13H,2,5-6,8-10H2,(H,18,25)(H,23,24). The summed E-state index contributed by atoms with van der Waals surface area (Å²) in [6.45, 7) is 0.816. The lowest BCUT2D eigenvalue weighted by atomic mass is 9.97. The van der Waals surface area contributed by atoms with Gasteiger partial charge in [-0.15, -0.1) is 0 Å². The summed E-state index contributed by atoms with van der Waals surface area (Å²) in [5, 5.41) is 11.6. The van der Waals surface area contributed by atoms with Crippen LogP contribution in [-0.2, 0) is 16.1 Å². The third kappa shape index (κ3) is 3.62. The lowest BCUT2D eigenvalue weighted by Gasteiger charge is -2.30. The number of carboxylic acids is 1. The molecule has 8 heteroatoms. The van der Waals surface area contributed by atoms with Crippen LogP contribution in [-0.4, -0.2) is 58.4 Å². The first-order chi connectivity index (χ1) is 12.0. The number of benzene rings is 1. The quantitative estimate of drug-likeness (QED) is 0.780. The van der Waals surface area contributed by atoms with Gasteiger partial charge in [-0.3, -0.25) is 19.3 Å². The maximum atomic E-state index is 12.7. The van der Waals surface area contributed by atoms with Crippen molar-refractivity contribution in [2.45, 2.75) is 19.4 Å². The van der Waals surface area contributed by atoms with Crippen LogP contribution in [0.4, 0.5) is 4.79 Å². The molecule has 3 rings (SSSR count). The topological polar surface area (TPSA) is 107 Å². The molecule has 0 bridgehead atoms. The van der Waals surface area contributed by atoms with Gasteiger partial charge in [0.1, 0.15) is 0 Å². The Hall–Kier alpha value is -2.90. The fourth-order valence-electron chi connectivity index (χ4n) is 3.15. The monoisotopic (exact) mass is 345 g/mol. The number of amides is 4. The van der Waals surface area contributed by atoms with Gasteiger partial charge in [-0.1, -0.05) is 12.1 Å². The summed E-state index contributed by atoms with van der Waals surface area (Å²) in [4.78, 5) is 49.8. The number of urea groups is 1. The Labute approximate surface area is 144 Å². The van der Waals surface area contributed by atoms with E-state index in [4.69, 9.17) is 5.11 Å². The maximum Gasteiger partial charge on any atom is 0.324 e. The fourth-order valence-corrected chi connectivity index (χ4v) is 3.15. The largest absolute Gasteiger partial charge is 0.481 e. The van der Waals surface area contributed by atoms with Gasteiger partial charge in [-0.2, -0.15) is 0 Å². The molecule has 8 nitrogen and oxygen atoms in total. The smallest absolute Gasteiger partial charge is 0.324 e. The van der Waals surface area contributed by atoms with Gasteiger partial charge in [0, 0.05) is 18.7 Å². The molecule has 1 aromatic rings. The van der Waals surface area contributed by atoms with Crippen LogP contribution >= 0.6 is 0 Å². The number of hydrogen-bond donors (Lipinski definition) is 2. The Morgan fingerprint density at radius 2 is 2.08 bits per heavy atom. The van der Waals surface area contributed by atoms with Crippen molar-refractivity contribution in [3.8, 4) is 0 Å². The first-order valence-corrected chi connectivity index (χ1v) is 8.15. The summed E-state index contributed by atoms with van der Waals surface area (Å²) in [7, 11) is 0. The van der Waals surface area contributed by atoms with Crippen LogP contribution in [0.25, 0.3) is 0 Å². The minimum Gasteiger partial charge on any atom is -0.481 e. The Morgan fingerprint density at radius 1 is 1.28 bits per heavy atom. The molecule has 2 aliphatic rings. The van der Waals surface area contributed by atoms with E-state index in [0.29, 0.717) is 30.5 Å². The number of carbonyl (C=O) groups is 4. The molecule has 0 spiro atoms. The average Bonchev–Trinajstić information content (AvgIpc) is 2.93. The minimum atomic E-state index is -0.884. The van der Waals surface area contributed by atoms with Crippen LogP contribution in [0.3, 0.4) is 0 Å². The zero-order valence-corrected chi connectivity index (χ0v) is 13.6. The molecule has 1 atom stereocenters. The van der Waals surface area contributed by atoms with Crippen LogP contribution in [0.15, 0.2) is 24.3 Å². The van der Waals surface area contributed by atoms with Gasteiger partial charge in [0.25, 0.3) is 5.91 Å². The SMILES string of the molecule is O=C(O)C1CCCN(C(=O)c2cccc(CN3C(=O)CNC3=O)c2)C1. The van der Waals surface area contributed by atoms with Gasteiger partial charge in [-0.25, -0.2) is 4.79 Å².